The highest BCUT2D eigenvalue weighted by Gasteiger charge is 2.27. The van der Waals surface area contributed by atoms with E-state index >= 15 is 0 Å². The molecular formula is C26H26N4O6S2. The van der Waals surface area contributed by atoms with Gasteiger partial charge >= 0.3 is 5.97 Å². The third-order valence-corrected chi connectivity index (χ3v) is 9.13. The van der Waals surface area contributed by atoms with Gasteiger partial charge in [0.15, 0.2) is 6.10 Å². The van der Waals surface area contributed by atoms with Crippen molar-refractivity contribution in [3.05, 3.63) is 71.2 Å². The second kappa shape index (κ2) is 10.7. The number of para-hydroxylation sites is 1. The minimum atomic E-state index is -3.63. The third-order valence-electron chi connectivity index (χ3n) is 6.13. The molecule has 4 aromatic rings. The number of esters is 1. The predicted octanol–water partition coefficient (Wildman–Crippen LogP) is 3.60. The van der Waals surface area contributed by atoms with Crippen LogP contribution in [0.15, 0.2) is 65.6 Å². The fraction of sp³-hybridized carbons (Fsp3) is 0.269. The molecule has 10 nitrogen and oxygen atoms in total. The molecule has 1 fully saturated rings. The van der Waals surface area contributed by atoms with Gasteiger partial charge in [0.2, 0.25) is 10.0 Å². The Bertz CT molecular complexity index is 1570. The standard InChI is InChI=1S/C26H26N4O6S2/c1-17-22-16-23(37-25(22)30(28-17)20-6-4-3-5-7-20)26(32)36-18(2)24(31)27-19-8-10-21(11-9-19)38(33,34)29-12-14-35-15-13-29/h3-11,16,18H,12-15H2,1-2H3,(H,27,31)/t18-/m0/s1. The summed E-state index contributed by atoms with van der Waals surface area (Å²) < 4.78 is 39.4. The molecule has 198 valence electrons. The molecule has 0 spiro atoms. The highest BCUT2D eigenvalue weighted by Crippen LogP contribution is 2.31. The Morgan fingerprint density at radius 1 is 1.08 bits per heavy atom. The number of benzene rings is 2. The van der Waals surface area contributed by atoms with Crippen LogP contribution in [0.5, 0.6) is 0 Å². The number of rotatable bonds is 7. The van der Waals surface area contributed by atoms with E-state index in [1.807, 2.05) is 37.3 Å². The lowest BCUT2D eigenvalue weighted by atomic mass is 10.3. The van der Waals surface area contributed by atoms with Crippen LogP contribution < -0.4 is 5.32 Å². The maximum Gasteiger partial charge on any atom is 0.349 e. The maximum atomic E-state index is 12.8. The largest absolute Gasteiger partial charge is 0.448 e. The summed E-state index contributed by atoms with van der Waals surface area (Å²) in [5.41, 5.74) is 2.05. The Balaban J connectivity index is 1.24. The van der Waals surface area contributed by atoms with Gasteiger partial charge in [-0.15, -0.1) is 11.3 Å². The highest BCUT2D eigenvalue weighted by atomic mass is 32.2. The Kier molecular flexibility index (Phi) is 7.30. The van der Waals surface area contributed by atoms with Gasteiger partial charge in [0.05, 0.1) is 29.5 Å². The van der Waals surface area contributed by atoms with Crippen molar-refractivity contribution >= 4 is 49.1 Å². The summed E-state index contributed by atoms with van der Waals surface area (Å²) in [4.78, 5) is 26.8. The minimum Gasteiger partial charge on any atom is -0.448 e. The van der Waals surface area contributed by atoms with Crippen LogP contribution in [0.3, 0.4) is 0 Å². The summed E-state index contributed by atoms with van der Waals surface area (Å²) >= 11 is 1.25. The van der Waals surface area contributed by atoms with Crippen LogP contribution in [0.4, 0.5) is 5.69 Å². The van der Waals surface area contributed by atoms with Gasteiger partial charge in [0, 0.05) is 24.2 Å². The molecule has 1 N–H and O–H groups in total. The second-order valence-corrected chi connectivity index (χ2v) is 11.7. The Morgan fingerprint density at radius 3 is 2.45 bits per heavy atom. The number of ether oxygens (including phenoxy) is 2. The first kappa shape index (κ1) is 26.0. The number of aromatic nitrogens is 2. The molecule has 1 amide bonds. The molecule has 12 heteroatoms. The summed E-state index contributed by atoms with van der Waals surface area (Å²) in [7, 11) is -3.63. The molecule has 1 aliphatic rings. The van der Waals surface area contributed by atoms with Crippen molar-refractivity contribution in [2.75, 3.05) is 31.6 Å². The van der Waals surface area contributed by atoms with Crippen molar-refractivity contribution in [1.82, 2.24) is 14.1 Å². The van der Waals surface area contributed by atoms with Crippen LogP contribution in [0, 0.1) is 6.92 Å². The van der Waals surface area contributed by atoms with Gasteiger partial charge in [-0.2, -0.15) is 9.40 Å². The number of amides is 1. The fourth-order valence-corrected chi connectivity index (χ4v) is 6.53. The first-order valence-corrected chi connectivity index (χ1v) is 14.2. The second-order valence-electron chi connectivity index (χ2n) is 8.74. The number of nitrogens with one attached hydrogen (secondary N) is 1. The van der Waals surface area contributed by atoms with Gasteiger partial charge in [-0.1, -0.05) is 18.2 Å². The molecular weight excluding hydrogens is 528 g/mol. The van der Waals surface area contributed by atoms with Crippen molar-refractivity contribution in [2.45, 2.75) is 24.8 Å². The van der Waals surface area contributed by atoms with E-state index < -0.39 is 28.0 Å². The van der Waals surface area contributed by atoms with Crippen molar-refractivity contribution in [3.8, 4) is 5.69 Å². The lowest BCUT2D eigenvalue weighted by molar-refractivity contribution is -0.123. The summed E-state index contributed by atoms with van der Waals surface area (Å²) in [5, 5.41) is 8.07. The van der Waals surface area contributed by atoms with E-state index in [1.54, 1.807) is 10.7 Å². The lowest BCUT2D eigenvalue weighted by Gasteiger charge is -2.26. The highest BCUT2D eigenvalue weighted by molar-refractivity contribution is 7.89. The maximum absolute atomic E-state index is 12.8. The molecule has 1 atom stereocenters. The van der Waals surface area contributed by atoms with Crippen LogP contribution in [-0.4, -0.2) is 66.8 Å². The van der Waals surface area contributed by atoms with E-state index in [0.29, 0.717) is 36.9 Å². The number of fused-ring (bicyclic) bond motifs is 1. The topological polar surface area (TPSA) is 120 Å². The van der Waals surface area contributed by atoms with Crippen molar-refractivity contribution in [3.63, 3.8) is 0 Å². The van der Waals surface area contributed by atoms with E-state index in [-0.39, 0.29) is 4.90 Å². The molecule has 0 saturated carbocycles. The molecule has 5 rings (SSSR count). The monoisotopic (exact) mass is 554 g/mol. The van der Waals surface area contributed by atoms with Gasteiger partial charge in [0.25, 0.3) is 5.91 Å². The molecule has 0 aliphatic carbocycles. The van der Waals surface area contributed by atoms with Crippen molar-refractivity contribution < 1.29 is 27.5 Å². The summed E-state index contributed by atoms with van der Waals surface area (Å²) in [6.07, 6.45) is -1.07. The quantitative estimate of drug-likeness (QED) is 0.347. The van der Waals surface area contributed by atoms with Crippen molar-refractivity contribution in [1.29, 1.82) is 0 Å². The number of hydrogen-bond acceptors (Lipinski definition) is 8. The molecule has 0 radical (unpaired) electrons. The summed E-state index contributed by atoms with van der Waals surface area (Å²) in [6, 6.07) is 17.2. The molecule has 2 aromatic heterocycles. The molecule has 1 saturated heterocycles. The van der Waals surface area contributed by atoms with Crippen LogP contribution in [0.2, 0.25) is 0 Å². The number of carbonyl (C=O) groups is 2. The summed E-state index contributed by atoms with van der Waals surface area (Å²) in [6.45, 7) is 4.67. The fourth-order valence-electron chi connectivity index (χ4n) is 4.05. The predicted molar refractivity (Wildman–Crippen MR) is 143 cm³/mol. The number of hydrogen-bond donors (Lipinski definition) is 1. The third kappa shape index (κ3) is 5.20. The minimum absolute atomic E-state index is 0.131. The molecule has 3 heterocycles. The normalized spacial score (nSPS) is 15.3. The molecule has 1 aliphatic heterocycles. The van der Waals surface area contributed by atoms with Gasteiger partial charge in [0.1, 0.15) is 9.71 Å². The summed E-state index contributed by atoms with van der Waals surface area (Å²) in [5.74, 6) is -1.14. The Morgan fingerprint density at radius 2 is 1.76 bits per heavy atom. The smallest absolute Gasteiger partial charge is 0.349 e. The number of anilines is 1. The number of thiophene rings is 1. The van der Waals surface area contributed by atoms with Gasteiger partial charge < -0.3 is 14.8 Å². The zero-order valence-corrected chi connectivity index (χ0v) is 22.4. The van der Waals surface area contributed by atoms with E-state index in [2.05, 4.69) is 10.4 Å². The molecule has 2 aromatic carbocycles. The number of sulfonamides is 1. The van der Waals surface area contributed by atoms with E-state index in [9.17, 15) is 18.0 Å². The van der Waals surface area contributed by atoms with E-state index in [1.165, 1.54) is 46.8 Å². The lowest BCUT2D eigenvalue weighted by Crippen LogP contribution is -2.40. The molecule has 38 heavy (non-hydrogen) atoms. The number of nitrogens with zero attached hydrogens (tertiary/aromatic N) is 3. The van der Waals surface area contributed by atoms with Crippen LogP contribution in [-0.2, 0) is 24.3 Å². The number of carbonyl (C=O) groups excluding carboxylic acids is 2. The van der Waals surface area contributed by atoms with Crippen LogP contribution in [0.25, 0.3) is 15.9 Å². The van der Waals surface area contributed by atoms with Gasteiger partial charge in [-0.3, -0.25) is 4.79 Å². The number of morpholine rings is 1. The van der Waals surface area contributed by atoms with Gasteiger partial charge in [-0.05, 0) is 56.3 Å². The van der Waals surface area contributed by atoms with Crippen LogP contribution in [0.1, 0.15) is 22.3 Å². The zero-order chi connectivity index (χ0) is 26.9. The van der Waals surface area contributed by atoms with Crippen LogP contribution >= 0.6 is 11.3 Å². The van der Waals surface area contributed by atoms with Gasteiger partial charge in [-0.25, -0.2) is 17.9 Å². The average molecular weight is 555 g/mol. The number of aryl methyl sites for hydroxylation is 1. The average Bonchev–Trinajstić information content (AvgIpc) is 3.50. The molecule has 0 unspecified atom stereocenters. The first-order valence-electron chi connectivity index (χ1n) is 12.0. The van der Waals surface area contributed by atoms with E-state index in [4.69, 9.17) is 9.47 Å². The van der Waals surface area contributed by atoms with E-state index in [0.717, 1.165) is 21.6 Å². The Labute approximate surface area is 223 Å². The van der Waals surface area contributed by atoms with Crippen molar-refractivity contribution in [2.24, 2.45) is 0 Å². The Hall–Kier alpha value is -3.58. The first-order chi connectivity index (χ1) is 18.2. The molecule has 0 bridgehead atoms. The zero-order valence-electron chi connectivity index (χ0n) is 20.8. The SMILES string of the molecule is Cc1nn(-c2ccccc2)c2sc(C(=O)O[C@@H](C)C(=O)Nc3ccc(S(=O)(=O)N4CCOCC4)cc3)cc12.